The minimum Gasteiger partial charge on any atom is -0.478 e. The summed E-state index contributed by atoms with van der Waals surface area (Å²) in [5.74, 6) is 0.656. The summed E-state index contributed by atoms with van der Waals surface area (Å²) in [7, 11) is 0. The van der Waals surface area contributed by atoms with Crippen molar-refractivity contribution in [1.29, 1.82) is 0 Å². The lowest BCUT2D eigenvalue weighted by Crippen LogP contribution is -1.95. The van der Waals surface area contributed by atoms with E-state index >= 15 is 0 Å². The second kappa shape index (κ2) is 5.87. The van der Waals surface area contributed by atoms with Crippen LogP contribution >= 0.6 is 0 Å². The highest BCUT2D eigenvalue weighted by Crippen LogP contribution is 2.18. The zero-order valence-corrected chi connectivity index (χ0v) is 9.87. The van der Waals surface area contributed by atoms with Crippen LogP contribution in [0.25, 0.3) is 6.08 Å². The zero-order valence-electron chi connectivity index (χ0n) is 9.87. The maximum Gasteiger partial charge on any atom is 0.328 e. The van der Waals surface area contributed by atoms with Gasteiger partial charge in [-0.1, -0.05) is 18.2 Å². The van der Waals surface area contributed by atoms with Crippen molar-refractivity contribution < 1.29 is 14.6 Å². The first kappa shape index (κ1) is 12.2. The molecule has 2 rings (SSSR count). The van der Waals surface area contributed by atoms with Crippen molar-refractivity contribution in [2.45, 2.75) is 12.8 Å². The number of benzene rings is 1. The second-order valence-corrected chi connectivity index (χ2v) is 3.93. The molecule has 92 valence electrons. The fourth-order valence-corrected chi connectivity index (χ4v) is 1.62. The Bertz CT molecular complexity index is 507. The highest BCUT2D eigenvalue weighted by Gasteiger charge is 2.00. The van der Waals surface area contributed by atoms with Crippen molar-refractivity contribution >= 4 is 12.0 Å². The standard InChI is InChI=1S/C15H14O3/c16-15(17)11-8-12-6-9-14(10-7-12)18-13-4-2-1-3-5-13/h2,4-11H,1,3H2,(H,16,17)/b11-8+. The third-order valence-electron chi connectivity index (χ3n) is 2.50. The Hall–Kier alpha value is -2.29. The Morgan fingerprint density at radius 2 is 2.00 bits per heavy atom. The van der Waals surface area contributed by atoms with Crippen molar-refractivity contribution in [1.82, 2.24) is 0 Å². The summed E-state index contributed by atoms with van der Waals surface area (Å²) in [6.07, 6.45) is 10.8. The molecular formula is C15H14O3. The predicted octanol–water partition coefficient (Wildman–Crippen LogP) is 3.40. The first-order valence-corrected chi connectivity index (χ1v) is 5.80. The number of allylic oxidation sites excluding steroid dienone is 3. The highest BCUT2D eigenvalue weighted by atomic mass is 16.5. The number of aliphatic carboxylic acids is 1. The molecule has 0 atom stereocenters. The topological polar surface area (TPSA) is 46.5 Å². The van der Waals surface area contributed by atoms with Gasteiger partial charge in [0, 0.05) is 6.08 Å². The summed E-state index contributed by atoms with van der Waals surface area (Å²) in [6, 6.07) is 7.29. The van der Waals surface area contributed by atoms with E-state index in [4.69, 9.17) is 9.84 Å². The summed E-state index contributed by atoms with van der Waals surface area (Å²) < 4.78 is 5.67. The smallest absolute Gasteiger partial charge is 0.328 e. The molecule has 1 aliphatic carbocycles. The number of hydrogen-bond donors (Lipinski definition) is 1. The average molecular weight is 242 g/mol. The summed E-state index contributed by atoms with van der Waals surface area (Å²) in [5.41, 5.74) is 0.831. The van der Waals surface area contributed by atoms with Crippen molar-refractivity contribution in [2.75, 3.05) is 0 Å². The van der Waals surface area contributed by atoms with E-state index in [9.17, 15) is 4.79 Å². The van der Waals surface area contributed by atoms with Crippen molar-refractivity contribution in [3.05, 3.63) is 59.9 Å². The molecule has 0 amide bonds. The number of carboxylic acids is 1. The van der Waals surface area contributed by atoms with E-state index in [-0.39, 0.29) is 0 Å². The van der Waals surface area contributed by atoms with Crippen LogP contribution in [0.3, 0.4) is 0 Å². The molecule has 0 aromatic heterocycles. The first-order chi connectivity index (χ1) is 8.74. The van der Waals surface area contributed by atoms with Gasteiger partial charge in [-0.3, -0.25) is 0 Å². The highest BCUT2D eigenvalue weighted by molar-refractivity contribution is 5.85. The quantitative estimate of drug-likeness (QED) is 0.823. The van der Waals surface area contributed by atoms with Crippen LogP contribution in [0.15, 0.2) is 54.3 Å². The summed E-state index contributed by atoms with van der Waals surface area (Å²) >= 11 is 0. The molecule has 1 aromatic rings. The molecule has 1 aliphatic rings. The third-order valence-corrected chi connectivity index (χ3v) is 2.50. The molecule has 3 heteroatoms. The van der Waals surface area contributed by atoms with Crippen molar-refractivity contribution in [2.24, 2.45) is 0 Å². The molecule has 3 nitrogen and oxygen atoms in total. The monoisotopic (exact) mass is 242 g/mol. The largest absolute Gasteiger partial charge is 0.478 e. The molecule has 0 spiro atoms. The maximum absolute atomic E-state index is 10.4. The number of carboxylic acid groups (broad SMARTS) is 1. The Kier molecular flexibility index (Phi) is 3.97. The molecule has 0 bridgehead atoms. The van der Waals surface area contributed by atoms with Crippen LogP contribution in [-0.2, 0) is 4.79 Å². The third kappa shape index (κ3) is 3.63. The SMILES string of the molecule is O=C(O)/C=C/c1ccc(OC2=CCCC=C2)cc1. The van der Waals surface area contributed by atoms with Gasteiger partial charge in [-0.2, -0.15) is 0 Å². The fourth-order valence-electron chi connectivity index (χ4n) is 1.62. The van der Waals surface area contributed by atoms with Crippen LogP contribution in [0.1, 0.15) is 18.4 Å². The Morgan fingerprint density at radius 1 is 1.22 bits per heavy atom. The van der Waals surface area contributed by atoms with Crippen LogP contribution in [0, 0.1) is 0 Å². The number of hydrogen-bond acceptors (Lipinski definition) is 2. The Labute approximate surface area is 106 Å². The average Bonchev–Trinajstić information content (AvgIpc) is 2.39. The molecule has 1 N–H and O–H groups in total. The number of rotatable bonds is 4. The van der Waals surface area contributed by atoms with Crippen molar-refractivity contribution in [3.63, 3.8) is 0 Å². The lowest BCUT2D eigenvalue weighted by molar-refractivity contribution is -0.131. The van der Waals surface area contributed by atoms with E-state index in [0.29, 0.717) is 0 Å². The van der Waals surface area contributed by atoms with Gasteiger partial charge in [-0.05, 0) is 48.8 Å². The van der Waals surface area contributed by atoms with Crippen LogP contribution in [0.5, 0.6) is 5.75 Å². The Balaban J connectivity index is 2.01. The minimum atomic E-state index is -0.951. The van der Waals surface area contributed by atoms with E-state index in [1.807, 2.05) is 30.3 Å². The Morgan fingerprint density at radius 3 is 2.61 bits per heavy atom. The lowest BCUT2D eigenvalue weighted by Gasteiger charge is -2.09. The lowest BCUT2D eigenvalue weighted by atomic mass is 10.2. The van der Waals surface area contributed by atoms with Gasteiger partial charge in [0.25, 0.3) is 0 Å². The molecule has 0 radical (unpaired) electrons. The normalized spacial score (nSPS) is 14.6. The van der Waals surface area contributed by atoms with Crippen molar-refractivity contribution in [3.8, 4) is 5.75 Å². The molecule has 0 fully saturated rings. The van der Waals surface area contributed by atoms with Gasteiger partial charge in [-0.25, -0.2) is 4.79 Å². The second-order valence-electron chi connectivity index (χ2n) is 3.93. The number of carbonyl (C=O) groups is 1. The molecule has 0 saturated carbocycles. The van der Waals surface area contributed by atoms with Gasteiger partial charge in [-0.15, -0.1) is 0 Å². The zero-order chi connectivity index (χ0) is 12.8. The van der Waals surface area contributed by atoms with Crippen LogP contribution < -0.4 is 4.74 Å². The number of ether oxygens (including phenoxy) is 1. The predicted molar refractivity (Wildman–Crippen MR) is 70.2 cm³/mol. The van der Waals surface area contributed by atoms with E-state index in [1.165, 1.54) is 0 Å². The first-order valence-electron chi connectivity index (χ1n) is 5.80. The van der Waals surface area contributed by atoms with E-state index in [0.717, 1.165) is 36.0 Å². The summed E-state index contributed by atoms with van der Waals surface area (Å²) in [4.78, 5) is 10.4. The molecule has 18 heavy (non-hydrogen) atoms. The maximum atomic E-state index is 10.4. The van der Waals surface area contributed by atoms with Gasteiger partial charge in [0.1, 0.15) is 11.5 Å². The van der Waals surface area contributed by atoms with E-state index < -0.39 is 5.97 Å². The van der Waals surface area contributed by atoms with Gasteiger partial charge < -0.3 is 9.84 Å². The van der Waals surface area contributed by atoms with E-state index in [1.54, 1.807) is 6.08 Å². The molecule has 0 unspecified atom stereocenters. The minimum absolute atomic E-state index is 0.750. The van der Waals surface area contributed by atoms with E-state index in [2.05, 4.69) is 12.2 Å². The summed E-state index contributed by atoms with van der Waals surface area (Å²) in [6.45, 7) is 0. The van der Waals surface area contributed by atoms with Gasteiger partial charge in [0.15, 0.2) is 0 Å². The molecule has 0 saturated heterocycles. The molecule has 0 heterocycles. The van der Waals surface area contributed by atoms with Gasteiger partial charge in [0.05, 0.1) is 0 Å². The van der Waals surface area contributed by atoms with Crippen LogP contribution in [0.4, 0.5) is 0 Å². The van der Waals surface area contributed by atoms with Gasteiger partial charge >= 0.3 is 5.97 Å². The molecule has 1 aromatic carbocycles. The molecule has 0 aliphatic heterocycles. The van der Waals surface area contributed by atoms with Gasteiger partial charge in [0.2, 0.25) is 0 Å². The molecular weight excluding hydrogens is 228 g/mol. The fraction of sp³-hybridized carbons (Fsp3) is 0.133. The van der Waals surface area contributed by atoms with Crippen LogP contribution in [0.2, 0.25) is 0 Å². The summed E-state index contributed by atoms with van der Waals surface area (Å²) in [5, 5.41) is 8.52. The van der Waals surface area contributed by atoms with Crippen LogP contribution in [-0.4, -0.2) is 11.1 Å².